The van der Waals surface area contributed by atoms with E-state index < -0.39 is 0 Å². The summed E-state index contributed by atoms with van der Waals surface area (Å²) in [7, 11) is 0. The molecule has 5 nitrogen and oxygen atoms in total. The maximum absolute atomic E-state index is 12.2. The summed E-state index contributed by atoms with van der Waals surface area (Å²) in [6, 6.07) is 10.6. The van der Waals surface area contributed by atoms with E-state index in [-0.39, 0.29) is 17.6 Å². The van der Waals surface area contributed by atoms with Gasteiger partial charge in [0.15, 0.2) is 0 Å². The fourth-order valence-electron chi connectivity index (χ4n) is 2.76. The van der Waals surface area contributed by atoms with E-state index in [2.05, 4.69) is 5.32 Å². The molecule has 1 aliphatic heterocycles. The van der Waals surface area contributed by atoms with Crippen molar-refractivity contribution in [1.82, 2.24) is 9.88 Å². The van der Waals surface area contributed by atoms with Gasteiger partial charge in [-0.2, -0.15) is 0 Å². The lowest BCUT2D eigenvalue weighted by Crippen LogP contribution is -2.26. The van der Waals surface area contributed by atoms with Gasteiger partial charge >= 0.3 is 0 Å². The molecule has 0 aliphatic carbocycles. The monoisotopic (exact) mass is 312 g/mol. The van der Waals surface area contributed by atoms with Crippen LogP contribution in [0.15, 0.2) is 47.4 Å². The maximum Gasteiger partial charge on any atom is 0.251 e. The fourth-order valence-corrected chi connectivity index (χ4v) is 2.76. The number of aromatic nitrogens is 1. The Labute approximate surface area is 134 Å². The first-order valence-electron chi connectivity index (χ1n) is 7.87. The second-order valence-electron chi connectivity index (χ2n) is 5.80. The van der Waals surface area contributed by atoms with E-state index in [0.717, 1.165) is 17.7 Å². The SMILES string of the molecule is CC1Cc2cc(C(=O)NCCCn3ccccc3=O)ccc2O1. The summed E-state index contributed by atoms with van der Waals surface area (Å²) < 4.78 is 7.28. The predicted octanol–water partition coefficient (Wildman–Crippen LogP) is 1.99. The van der Waals surface area contributed by atoms with E-state index in [1.165, 1.54) is 6.07 Å². The average molecular weight is 312 g/mol. The third-order valence-electron chi connectivity index (χ3n) is 3.92. The topological polar surface area (TPSA) is 60.3 Å². The third kappa shape index (κ3) is 3.62. The molecule has 1 aliphatic rings. The number of nitrogens with one attached hydrogen (secondary N) is 1. The van der Waals surface area contributed by atoms with E-state index >= 15 is 0 Å². The predicted molar refractivity (Wildman–Crippen MR) is 87.9 cm³/mol. The zero-order valence-corrected chi connectivity index (χ0v) is 13.1. The van der Waals surface area contributed by atoms with Crippen LogP contribution in [0.25, 0.3) is 0 Å². The normalized spacial score (nSPS) is 15.8. The van der Waals surface area contributed by atoms with Crippen molar-refractivity contribution in [3.63, 3.8) is 0 Å². The van der Waals surface area contributed by atoms with E-state index in [1.54, 1.807) is 22.9 Å². The minimum absolute atomic E-state index is 0.0217. The molecule has 0 bridgehead atoms. The lowest BCUT2D eigenvalue weighted by molar-refractivity contribution is 0.0952. The number of hydrogen-bond acceptors (Lipinski definition) is 3. The van der Waals surface area contributed by atoms with E-state index in [0.29, 0.717) is 25.1 Å². The van der Waals surface area contributed by atoms with Gasteiger partial charge in [-0.1, -0.05) is 6.07 Å². The maximum atomic E-state index is 12.2. The molecule has 3 rings (SSSR count). The van der Waals surface area contributed by atoms with Crippen molar-refractivity contribution in [2.45, 2.75) is 32.4 Å². The number of nitrogens with zero attached hydrogens (tertiary/aromatic N) is 1. The highest BCUT2D eigenvalue weighted by atomic mass is 16.5. The lowest BCUT2D eigenvalue weighted by atomic mass is 10.1. The standard InChI is InChI=1S/C18H20N2O3/c1-13-11-15-12-14(6-7-16(15)23-13)18(22)19-8-4-10-20-9-3-2-5-17(20)21/h2-3,5-7,9,12-13H,4,8,10-11H2,1H3,(H,19,22). The number of ether oxygens (including phenoxy) is 1. The quantitative estimate of drug-likeness (QED) is 0.859. The Kier molecular flexibility index (Phi) is 4.46. The van der Waals surface area contributed by atoms with Gasteiger partial charge in [0, 0.05) is 37.3 Å². The second-order valence-corrected chi connectivity index (χ2v) is 5.80. The third-order valence-corrected chi connectivity index (χ3v) is 3.92. The van der Waals surface area contributed by atoms with Gasteiger partial charge in [0.05, 0.1) is 0 Å². The minimum atomic E-state index is -0.0900. The van der Waals surface area contributed by atoms with Crippen LogP contribution in [0.5, 0.6) is 5.75 Å². The number of pyridine rings is 1. The van der Waals surface area contributed by atoms with E-state index in [1.807, 2.05) is 25.1 Å². The Morgan fingerprint density at radius 2 is 2.22 bits per heavy atom. The first-order chi connectivity index (χ1) is 11.1. The molecule has 0 saturated heterocycles. The van der Waals surface area contributed by atoms with Crippen LogP contribution in [0.2, 0.25) is 0 Å². The van der Waals surface area contributed by atoms with Gasteiger partial charge in [0.2, 0.25) is 5.56 Å². The first-order valence-corrected chi connectivity index (χ1v) is 7.87. The molecule has 0 spiro atoms. The number of rotatable bonds is 5. The van der Waals surface area contributed by atoms with Crippen molar-refractivity contribution in [3.05, 3.63) is 64.1 Å². The van der Waals surface area contributed by atoms with Crippen molar-refractivity contribution in [2.75, 3.05) is 6.54 Å². The van der Waals surface area contributed by atoms with Gasteiger partial charge in [-0.05, 0) is 43.2 Å². The smallest absolute Gasteiger partial charge is 0.251 e. The zero-order valence-electron chi connectivity index (χ0n) is 13.1. The molecule has 120 valence electrons. The van der Waals surface area contributed by atoms with Crippen molar-refractivity contribution in [3.8, 4) is 5.75 Å². The molecule has 0 saturated carbocycles. The number of benzene rings is 1. The van der Waals surface area contributed by atoms with Gasteiger partial charge in [0.1, 0.15) is 11.9 Å². The van der Waals surface area contributed by atoms with E-state index in [4.69, 9.17) is 4.74 Å². The molecule has 0 radical (unpaired) electrons. The molecule has 2 heterocycles. The van der Waals surface area contributed by atoms with E-state index in [9.17, 15) is 9.59 Å². The minimum Gasteiger partial charge on any atom is -0.490 e. The van der Waals surface area contributed by atoms with Gasteiger partial charge < -0.3 is 14.6 Å². The summed E-state index contributed by atoms with van der Waals surface area (Å²) >= 11 is 0. The second kappa shape index (κ2) is 6.69. The molecule has 5 heteroatoms. The van der Waals surface area contributed by atoms with Crippen molar-refractivity contribution in [1.29, 1.82) is 0 Å². The van der Waals surface area contributed by atoms with Crippen LogP contribution in [0.3, 0.4) is 0 Å². The Morgan fingerprint density at radius 1 is 1.35 bits per heavy atom. The zero-order chi connectivity index (χ0) is 16.2. The number of carbonyl (C=O) groups is 1. The Morgan fingerprint density at radius 3 is 3.04 bits per heavy atom. The molecule has 2 aromatic rings. The number of aryl methyl sites for hydroxylation is 1. The summed E-state index contributed by atoms with van der Waals surface area (Å²) in [5, 5.41) is 2.90. The van der Waals surface area contributed by atoms with Crippen molar-refractivity contribution in [2.24, 2.45) is 0 Å². The summed E-state index contributed by atoms with van der Waals surface area (Å²) in [5.74, 6) is 0.783. The molecule has 1 unspecified atom stereocenters. The number of hydrogen-bond donors (Lipinski definition) is 1. The van der Waals surface area contributed by atoms with Gasteiger partial charge in [-0.15, -0.1) is 0 Å². The number of amides is 1. The van der Waals surface area contributed by atoms with Crippen LogP contribution in [-0.4, -0.2) is 23.1 Å². The fraction of sp³-hybridized carbons (Fsp3) is 0.333. The summed E-state index contributed by atoms with van der Waals surface area (Å²) in [6.07, 6.45) is 3.48. The van der Waals surface area contributed by atoms with Crippen LogP contribution in [0, 0.1) is 0 Å². The van der Waals surface area contributed by atoms with Gasteiger partial charge in [-0.25, -0.2) is 0 Å². The lowest BCUT2D eigenvalue weighted by Gasteiger charge is -2.08. The van der Waals surface area contributed by atoms with Crippen LogP contribution < -0.4 is 15.6 Å². The Balaban J connectivity index is 1.51. The molecule has 1 atom stereocenters. The molecule has 1 N–H and O–H groups in total. The highest BCUT2D eigenvalue weighted by Crippen LogP contribution is 2.29. The highest BCUT2D eigenvalue weighted by molar-refractivity contribution is 5.94. The molecule has 23 heavy (non-hydrogen) atoms. The average Bonchev–Trinajstić information content (AvgIpc) is 2.92. The number of fused-ring (bicyclic) bond motifs is 1. The van der Waals surface area contributed by atoms with Gasteiger partial charge in [-0.3, -0.25) is 9.59 Å². The van der Waals surface area contributed by atoms with Crippen LogP contribution in [0.4, 0.5) is 0 Å². The summed E-state index contributed by atoms with van der Waals surface area (Å²) in [4.78, 5) is 23.8. The van der Waals surface area contributed by atoms with Crippen molar-refractivity contribution < 1.29 is 9.53 Å². The summed E-state index contributed by atoms with van der Waals surface area (Å²) in [5.41, 5.74) is 1.71. The largest absolute Gasteiger partial charge is 0.490 e. The summed E-state index contributed by atoms with van der Waals surface area (Å²) in [6.45, 7) is 3.14. The first kappa shape index (κ1) is 15.3. The molecule has 1 aromatic heterocycles. The van der Waals surface area contributed by atoms with Gasteiger partial charge in [0.25, 0.3) is 5.91 Å². The van der Waals surface area contributed by atoms with Crippen molar-refractivity contribution >= 4 is 5.91 Å². The molecular weight excluding hydrogens is 292 g/mol. The molecule has 0 fully saturated rings. The number of carbonyl (C=O) groups excluding carboxylic acids is 1. The Bertz CT molecular complexity index is 767. The molecule has 1 amide bonds. The van der Waals surface area contributed by atoms with Crippen LogP contribution >= 0.6 is 0 Å². The highest BCUT2D eigenvalue weighted by Gasteiger charge is 2.20. The molecular formula is C18H20N2O3. The molecule has 1 aromatic carbocycles. The van der Waals surface area contributed by atoms with Crippen LogP contribution in [0.1, 0.15) is 29.3 Å². The Hall–Kier alpha value is -2.56. The van der Waals surface area contributed by atoms with Crippen LogP contribution in [-0.2, 0) is 13.0 Å².